The van der Waals surface area contributed by atoms with Crippen LogP contribution in [0.4, 0.5) is 0 Å². The van der Waals surface area contributed by atoms with Gasteiger partial charge in [0.2, 0.25) is 0 Å². The fourth-order valence-corrected chi connectivity index (χ4v) is 3.56. The summed E-state index contributed by atoms with van der Waals surface area (Å²) in [6.07, 6.45) is 5.75. The van der Waals surface area contributed by atoms with E-state index in [1.54, 1.807) is 0 Å². The average molecular weight is 284 g/mol. The topological polar surface area (TPSA) is 75.8 Å². The Balaban J connectivity index is 1.78. The van der Waals surface area contributed by atoms with Gasteiger partial charge in [-0.15, -0.1) is 0 Å². The second kappa shape index (κ2) is 6.87. The van der Waals surface area contributed by atoms with Crippen molar-refractivity contribution in [1.82, 2.24) is 4.90 Å². The van der Waals surface area contributed by atoms with Gasteiger partial charge in [0.05, 0.1) is 18.6 Å². The van der Waals surface area contributed by atoms with E-state index in [2.05, 4.69) is 4.90 Å². The smallest absolute Gasteiger partial charge is 0.308 e. The molecule has 1 heterocycles. The molecule has 5 nitrogen and oxygen atoms in total. The molecule has 0 aromatic rings. The molecule has 0 bridgehead atoms. The van der Waals surface area contributed by atoms with E-state index in [1.165, 1.54) is 13.5 Å². The lowest BCUT2D eigenvalue weighted by molar-refractivity contribution is -0.147. The van der Waals surface area contributed by atoms with Gasteiger partial charge in [-0.05, 0) is 38.0 Å². The van der Waals surface area contributed by atoms with Crippen molar-refractivity contribution in [3.8, 4) is 0 Å². The number of esters is 1. The molecule has 2 fully saturated rings. The molecule has 3 N–H and O–H groups in total. The molecule has 20 heavy (non-hydrogen) atoms. The number of aliphatic hydroxyl groups is 1. The standard InChI is InChI=1S/C15H28N2O3/c1-20-14(18)13-4-2-3-12(9-13)10-17-7-5-15(19,11-16)6-8-17/h12-13,19H,2-11,16H2,1H3. The first-order valence-corrected chi connectivity index (χ1v) is 7.79. The number of carbonyl (C=O) groups is 1. The van der Waals surface area contributed by atoms with E-state index in [-0.39, 0.29) is 11.9 Å². The minimum absolute atomic E-state index is 0.0501. The molecule has 116 valence electrons. The van der Waals surface area contributed by atoms with Crippen LogP contribution in [0.3, 0.4) is 0 Å². The minimum atomic E-state index is -0.655. The number of hydrogen-bond donors (Lipinski definition) is 2. The largest absolute Gasteiger partial charge is 0.469 e. The van der Waals surface area contributed by atoms with Crippen LogP contribution in [0.15, 0.2) is 0 Å². The van der Waals surface area contributed by atoms with E-state index in [1.807, 2.05) is 0 Å². The van der Waals surface area contributed by atoms with Gasteiger partial charge in [-0.2, -0.15) is 0 Å². The van der Waals surface area contributed by atoms with Crippen LogP contribution < -0.4 is 5.73 Å². The first kappa shape index (κ1) is 15.7. The Morgan fingerprint density at radius 1 is 1.40 bits per heavy atom. The number of likely N-dealkylation sites (tertiary alicyclic amines) is 1. The third-order valence-electron chi connectivity index (χ3n) is 5.00. The Bertz CT molecular complexity index is 327. The van der Waals surface area contributed by atoms with Crippen molar-refractivity contribution in [2.45, 2.75) is 44.1 Å². The second-order valence-corrected chi connectivity index (χ2v) is 6.48. The predicted octanol–water partition coefficient (Wildman–Crippen LogP) is 0.751. The lowest BCUT2D eigenvalue weighted by atomic mass is 9.80. The van der Waals surface area contributed by atoms with Crippen LogP contribution in [0, 0.1) is 11.8 Å². The number of piperidine rings is 1. The number of carbonyl (C=O) groups excluding carboxylic acids is 1. The molecule has 0 radical (unpaired) electrons. The molecule has 2 atom stereocenters. The molecule has 1 aliphatic carbocycles. The number of nitrogens with zero attached hydrogens (tertiary/aromatic N) is 1. The predicted molar refractivity (Wildman–Crippen MR) is 77.1 cm³/mol. The van der Waals surface area contributed by atoms with E-state index >= 15 is 0 Å². The van der Waals surface area contributed by atoms with Gasteiger partial charge in [0.15, 0.2) is 0 Å². The summed E-state index contributed by atoms with van der Waals surface area (Å²) in [6, 6.07) is 0. The number of nitrogens with two attached hydrogens (primary N) is 1. The van der Waals surface area contributed by atoms with Gasteiger partial charge in [0.25, 0.3) is 0 Å². The van der Waals surface area contributed by atoms with Crippen molar-refractivity contribution in [2.24, 2.45) is 17.6 Å². The van der Waals surface area contributed by atoms with Crippen molar-refractivity contribution in [3.63, 3.8) is 0 Å². The SMILES string of the molecule is COC(=O)C1CCCC(CN2CCC(O)(CN)CC2)C1. The third kappa shape index (κ3) is 3.93. The summed E-state index contributed by atoms with van der Waals surface area (Å²) in [5.74, 6) is 0.618. The first-order chi connectivity index (χ1) is 9.56. The van der Waals surface area contributed by atoms with Crippen LogP contribution >= 0.6 is 0 Å². The molecule has 1 aliphatic heterocycles. The Hall–Kier alpha value is -0.650. The highest BCUT2D eigenvalue weighted by molar-refractivity contribution is 5.72. The Morgan fingerprint density at radius 3 is 2.70 bits per heavy atom. The van der Waals surface area contributed by atoms with Gasteiger partial charge < -0.3 is 20.5 Å². The van der Waals surface area contributed by atoms with Crippen LogP contribution in [0.2, 0.25) is 0 Å². The number of ether oxygens (including phenoxy) is 1. The number of hydrogen-bond acceptors (Lipinski definition) is 5. The average Bonchev–Trinajstić information content (AvgIpc) is 2.49. The van der Waals surface area contributed by atoms with Crippen LogP contribution in [0.25, 0.3) is 0 Å². The quantitative estimate of drug-likeness (QED) is 0.745. The molecular weight excluding hydrogens is 256 g/mol. The zero-order valence-corrected chi connectivity index (χ0v) is 12.5. The Labute approximate surface area is 121 Å². The zero-order chi connectivity index (χ0) is 14.6. The monoisotopic (exact) mass is 284 g/mol. The van der Waals surface area contributed by atoms with E-state index in [0.717, 1.165) is 51.7 Å². The molecule has 1 saturated heterocycles. The number of methoxy groups -OCH3 is 1. The van der Waals surface area contributed by atoms with Gasteiger partial charge in [-0.1, -0.05) is 6.42 Å². The van der Waals surface area contributed by atoms with Crippen molar-refractivity contribution in [3.05, 3.63) is 0 Å². The highest BCUT2D eigenvalue weighted by Crippen LogP contribution is 2.31. The van der Waals surface area contributed by atoms with Gasteiger partial charge >= 0.3 is 5.97 Å². The zero-order valence-electron chi connectivity index (χ0n) is 12.5. The maximum Gasteiger partial charge on any atom is 0.308 e. The van der Waals surface area contributed by atoms with E-state index in [0.29, 0.717) is 12.5 Å². The molecule has 2 unspecified atom stereocenters. The first-order valence-electron chi connectivity index (χ1n) is 7.79. The molecule has 5 heteroatoms. The molecular formula is C15H28N2O3. The normalized spacial score (nSPS) is 30.9. The van der Waals surface area contributed by atoms with Gasteiger partial charge in [-0.25, -0.2) is 0 Å². The maximum atomic E-state index is 11.6. The summed E-state index contributed by atoms with van der Waals surface area (Å²) in [7, 11) is 1.48. The van der Waals surface area contributed by atoms with Crippen molar-refractivity contribution in [1.29, 1.82) is 0 Å². The summed E-state index contributed by atoms with van der Waals surface area (Å²) < 4.78 is 4.87. The fraction of sp³-hybridized carbons (Fsp3) is 0.933. The summed E-state index contributed by atoms with van der Waals surface area (Å²) in [5, 5.41) is 10.1. The van der Waals surface area contributed by atoms with Crippen molar-refractivity contribution in [2.75, 3.05) is 33.3 Å². The van der Waals surface area contributed by atoms with Crippen LogP contribution in [-0.2, 0) is 9.53 Å². The van der Waals surface area contributed by atoms with Gasteiger partial charge in [0, 0.05) is 26.2 Å². The van der Waals surface area contributed by atoms with Crippen LogP contribution in [0.1, 0.15) is 38.5 Å². The van der Waals surface area contributed by atoms with E-state index in [9.17, 15) is 9.90 Å². The molecule has 0 amide bonds. The van der Waals surface area contributed by atoms with Crippen LogP contribution in [-0.4, -0.2) is 54.9 Å². The second-order valence-electron chi connectivity index (χ2n) is 6.48. The highest BCUT2D eigenvalue weighted by Gasteiger charge is 2.33. The minimum Gasteiger partial charge on any atom is -0.469 e. The molecule has 1 saturated carbocycles. The summed E-state index contributed by atoms with van der Waals surface area (Å²) in [5.41, 5.74) is 4.96. The molecule has 0 spiro atoms. The molecule has 2 rings (SSSR count). The molecule has 2 aliphatic rings. The Morgan fingerprint density at radius 2 is 2.10 bits per heavy atom. The lowest BCUT2D eigenvalue weighted by Gasteiger charge is -2.40. The fourth-order valence-electron chi connectivity index (χ4n) is 3.56. The molecule has 0 aromatic heterocycles. The van der Waals surface area contributed by atoms with Crippen molar-refractivity contribution < 1.29 is 14.6 Å². The summed E-state index contributed by atoms with van der Waals surface area (Å²) >= 11 is 0. The van der Waals surface area contributed by atoms with E-state index < -0.39 is 5.60 Å². The third-order valence-corrected chi connectivity index (χ3v) is 5.00. The van der Waals surface area contributed by atoms with E-state index in [4.69, 9.17) is 10.5 Å². The summed E-state index contributed by atoms with van der Waals surface area (Å²) in [4.78, 5) is 14.1. The van der Waals surface area contributed by atoms with Gasteiger partial charge in [-0.3, -0.25) is 4.79 Å². The van der Waals surface area contributed by atoms with Crippen LogP contribution in [0.5, 0.6) is 0 Å². The lowest BCUT2D eigenvalue weighted by Crippen LogP contribution is -2.49. The maximum absolute atomic E-state index is 11.6. The van der Waals surface area contributed by atoms with Crippen molar-refractivity contribution >= 4 is 5.97 Å². The summed E-state index contributed by atoms with van der Waals surface area (Å²) in [6.45, 7) is 3.21. The Kier molecular flexibility index (Phi) is 5.41. The molecule has 0 aromatic carbocycles. The highest BCUT2D eigenvalue weighted by atomic mass is 16.5. The number of rotatable bonds is 4. The van der Waals surface area contributed by atoms with Gasteiger partial charge in [0.1, 0.15) is 0 Å².